The third kappa shape index (κ3) is 8.13. The van der Waals surface area contributed by atoms with Crippen LogP contribution in [0.3, 0.4) is 0 Å². The number of anilines is 3. The van der Waals surface area contributed by atoms with Gasteiger partial charge in [0, 0.05) is 16.8 Å². The Morgan fingerprint density at radius 3 is 1.60 bits per heavy atom. The van der Waals surface area contributed by atoms with Gasteiger partial charge < -0.3 is 4.90 Å². The van der Waals surface area contributed by atoms with Crippen LogP contribution in [-0.2, 0) is 5.41 Å². The lowest BCUT2D eigenvalue weighted by molar-refractivity contribution is 0.445. The van der Waals surface area contributed by atoms with Crippen LogP contribution in [-0.4, -0.2) is 0 Å². The molecule has 0 bridgehead atoms. The molecule has 1 aliphatic rings. The molecule has 9 aromatic carbocycles. The number of rotatable bonds is 9. The summed E-state index contributed by atoms with van der Waals surface area (Å²) >= 11 is 0. The summed E-state index contributed by atoms with van der Waals surface area (Å²) in [5, 5.41) is 2.71. The van der Waals surface area contributed by atoms with E-state index in [0.717, 1.165) is 11.4 Å². The second-order valence-electron chi connectivity index (χ2n) is 18.3. The highest BCUT2D eigenvalue weighted by atomic mass is 15.1. The number of hydrogen-bond acceptors (Lipinski definition) is 1. The van der Waals surface area contributed by atoms with Gasteiger partial charge in [-0.3, -0.25) is 0 Å². The fourth-order valence-corrected chi connectivity index (χ4v) is 9.95. The highest BCUT2D eigenvalue weighted by molar-refractivity contribution is 6.04. The first-order chi connectivity index (χ1) is 30.9. The Hall–Kier alpha value is -6.96. The molecule has 10 rings (SSSR count). The predicted molar refractivity (Wildman–Crippen MR) is 270 cm³/mol. The third-order valence-corrected chi connectivity index (χ3v) is 13.3. The van der Waals surface area contributed by atoms with Crippen molar-refractivity contribution in [2.45, 2.75) is 64.2 Å². The lowest BCUT2D eigenvalue weighted by Gasteiger charge is -2.32. The van der Waals surface area contributed by atoms with Crippen LogP contribution in [0.15, 0.2) is 212 Å². The first-order valence-corrected chi connectivity index (χ1v) is 22.9. The molecule has 1 saturated carbocycles. The smallest absolute Gasteiger partial charge is 0.0543 e. The lowest BCUT2D eigenvalue weighted by Crippen LogP contribution is -2.16. The Labute approximate surface area is 374 Å². The molecule has 0 aromatic heterocycles. The van der Waals surface area contributed by atoms with Crippen molar-refractivity contribution in [2.24, 2.45) is 0 Å². The molecule has 1 aliphatic carbocycles. The van der Waals surface area contributed by atoms with Crippen LogP contribution in [0.1, 0.15) is 69.9 Å². The maximum absolute atomic E-state index is 2.53. The average Bonchev–Trinajstić information content (AvgIpc) is 3.35. The molecule has 0 amide bonds. The van der Waals surface area contributed by atoms with Gasteiger partial charge in [0.15, 0.2) is 0 Å². The van der Waals surface area contributed by atoms with Crippen LogP contribution in [0.25, 0.3) is 66.4 Å². The number of benzene rings is 9. The van der Waals surface area contributed by atoms with Crippen LogP contribution in [0, 0.1) is 0 Å². The Balaban J connectivity index is 1.17. The molecule has 0 atom stereocenters. The summed E-state index contributed by atoms with van der Waals surface area (Å²) in [4.78, 5) is 2.53. The summed E-state index contributed by atoms with van der Waals surface area (Å²) in [5.74, 6) is 0.580. The maximum Gasteiger partial charge on any atom is 0.0543 e. The van der Waals surface area contributed by atoms with E-state index in [4.69, 9.17) is 0 Å². The SMILES string of the molecule is CC(C)(C)c1ccc(-c2ccccc2)c(N(c2ccc(-c3ccc(-c4ccccc4)c(-c4ccccc4)c3)cc2)c2ccccc2-c2cccc3cccc(C4CCCCC4)c23)c1. The Morgan fingerprint density at radius 1 is 0.381 bits per heavy atom. The summed E-state index contributed by atoms with van der Waals surface area (Å²) in [7, 11) is 0. The molecule has 0 unspecified atom stereocenters. The minimum atomic E-state index is -0.0497. The molecule has 0 radical (unpaired) electrons. The van der Waals surface area contributed by atoms with E-state index in [2.05, 4.69) is 238 Å². The van der Waals surface area contributed by atoms with Crippen LogP contribution in [0.5, 0.6) is 0 Å². The molecule has 0 aliphatic heterocycles. The predicted octanol–water partition coefficient (Wildman–Crippen LogP) is 18.0. The zero-order valence-electron chi connectivity index (χ0n) is 36.8. The van der Waals surface area contributed by atoms with Gasteiger partial charge in [-0.25, -0.2) is 0 Å². The molecule has 1 nitrogen and oxygen atoms in total. The van der Waals surface area contributed by atoms with Gasteiger partial charge in [0.2, 0.25) is 0 Å². The first-order valence-electron chi connectivity index (χ1n) is 22.9. The molecule has 0 spiro atoms. The van der Waals surface area contributed by atoms with Crippen molar-refractivity contribution in [1.29, 1.82) is 0 Å². The Bertz CT molecular complexity index is 2980. The van der Waals surface area contributed by atoms with Gasteiger partial charge in [0.05, 0.1) is 11.4 Å². The first kappa shape index (κ1) is 40.1. The summed E-state index contributed by atoms with van der Waals surface area (Å²) in [6.07, 6.45) is 6.47. The number of nitrogens with zero attached hydrogens (tertiary/aromatic N) is 1. The van der Waals surface area contributed by atoms with Crippen LogP contribution >= 0.6 is 0 Å². The molecule has 1 fully saturated rings. The molecule has 0 saturated heterocycles. The van der Waals surface area contributed by atoms with Crippen LogP contribution < -0.4 is 4.90 Å². The van der Waals surface area contributed by atoms with E-state index in [1.54, 1.807) is 0 Å². The van der Waals surface area contributed by atoms with Crippen molar-refractivity contribution in [1.82, 2.24) is 0 Å². The monoisotopic (exact) mass is 813 g/mol. The molecule has 0 heterocycles. The van der Waals surface area contributed by atoms with Gasteiger partial charge in [-0.2, -0.15) is 0 Å². The highest BCUT2D eigenvalue weighted by Gasteiger charge is 2.26. The minimum absolute atomic E-state index is 0.0497. The molecule has 1 heteroatoms. The van der Waals surface area contributed by atoms with Crippen molar-refractivity contribution in [3.63, 3.8) is 0 Å². The quantitative estimate of drug-likeness (QED) is 0.140. The van der Waals surface area contributed by atoms with Gasteiger partial charge in [0.25, 0.3) is 0 Å². The zero-order valence-corrected chi connectivity index (χ0v) is 36.8. The van der Waals surface area contributed by atoms with E-state index >= 15 is 0 Å². The van der Waals surface area contributed by atoms with Gasteiger partial charge in [0.1, 0.15) is 0 Å². The lowest BCUT2D eigenvalue weighted by atomic mass is 9.80. The molecule has 9 aromatic rings. The van der Waals surface area contributed by atoms with Gasteiger partial charge in [-0.15, -0.1) is 0 Å². The van der Waals surface area contributed by atoms with E-state index in [-0.39, 0.29) is 5.41 Å². The number of fused-ring (bicyclic) bond motifs is 1. The average molecular weight is 814 g/mol. The Kier molecular flexibility index (Phi) is 11.1. The molecule has 308 valence electrons. The molecular formula is C62H55N. The van der Waals surface area contributed by atoms with Crippen LogP contribution in [0.2, 0.25) is 0 Å². The number of para-hydroxylation sites is 1. The molecule has 63 heavy (non-hydrogen) atoms. The van der Waals surface area contributed by atoms with Crippen molar-refractivity contribution in [3.05, 3.63) is 223 Å². The summed E-state index contributed by atoms with van der Waals surface area (Å²) in [5.41, 5.74) is 18.4. The standard InChI is InChI=1S/C62H55N/c1-62(2,3)51-37-41-54(46-22-10-5-11-23-46)60(43-51)63(59-33-17-16-30-56(59)57-32-19-29-49-28-18-31-55(61(49)57)47-24-12-6-13-25-47)52-38-34-44(35-39-52)50-36-40-53(45-20-8-4-9-21-45)58(42-50)48-26-14-7-15-27-48/h4-5,7-11,14-23,26-43,47H,6,12-13,24-25H2,1-3H3. The minimum Gasteiger partial charge on any atom is -0.309 e. The Morgan fingerprint density at radius 2 is 0.937 bits per heavy atom. The highest BCUT2D eigenvalue weighted by Crippen LogP contribution is 2.49. The van der Waals surface area contributed by atoms with E-state index in [1.807, 2.05) is 0 Å². The fourth-order valence-electron chi connectivity index (χ4n) is 9.95. The second-order valence-corrected chi connectivity index (χ2v) is 18.3. The largest absolute Gasteiger partial charge is 0.309 e. The third-order valence-electron chi connectivity index (χ3n) is 13.3. The summed E-state index contributed by atoms with van der Waals surface area (Å²) < 4.78 is 0. The summed E-state index contributed by atoms with van der Waals surface area (Å²) in [6, 6.07) is 78.8. The zero-order chi connectivity index (χ0) is 42.8. The van der Waals surface area contributed by atoms with Crippen LogP contribution in [0.4, 0.5) is 17.1 Å². The summed E-state index contributed by atoms with van der Waals surface area (Å²) in [6.45, 7) is 6.95. The van der Waals surface area contributed by atoms with Gasteiger partial charge in [-0.1, -0.05) is 222 Å². The van der Waals surface area contributed by atoms with E-state index in [9.17, 15) is 0 Å². The topological polar surface area (TPSA) is 3.24 Å². The fraction of sp³-hybridized carbons (Fsp3) is 0.161. The van der Waals surface area contributed by atoms with Gasteiger partial charge >= 0.3 is 0 Å². The van der Waals surface area contributed by atoms with Crippen molar-refractivity contribution in [3.8, 4) is 55.6 Å². The van der Waals surface area contributed by atoms with Crippen molar-refractivity contribution < 1.29 is 0 Å². The van der Waals surface area contributed by atoms with E-state index in [1.165, 1.54) is 115 Å². The van der Waals surface area contributed by atoms with E-state index < -0.39 is 0 Å². The molecule has 0 N–H and O–H groups in total. The maximum atomic E-state index is 2.53. The van der Waals surface area contributed by atoms with Crippen molar-refractivity contribution >= 4 is 27.8 Å². The molecular weight excluding hydrogens is 759 g/mol. The normalized spacial score (nSPS) is 13.3. The number of hydrogen-bond donors (Lipinski definition) is 0. The van der Waals surface area contributed by atoms with E-state index in [0.29, 0.717) is 5.92 Å². The van der Waals surface area contributed by atoms with Gasteiger partial charge in [-0.05, 0) is 121 Å². The second kappa shape index (κ2) is 17.4. The van der Waals surface area contributed by atoms with Crippen molar-refractivity contribution in [2.75, 3.05) is 4.90 Å².